The lowest BCUT2D eigenvalue weighted by molar-refractivity contribution is 0.0790. The van der Waals surface area contributed by atoms with Crippen LogP contribution < -0.4 is 4.90 Å². The second kappa shape index (κ2) is 6.62. The van der Waals surface area contributed by atoms with Crippen molar-refractivity contribution in [2.75, 3.05) is 25.0 Å². The van der Waals surface area contributed by atoms with Crippen LogP contribution in [0.1, 0.15) is 21.7 Å². The Bertz CT molecular complexity index is 678. The molecule has 1 aliphatic rings. The van der Waals surface area contributed by atoms with Crippen LogP contribution in [0.25, 0.3) is 0 Å². The first kappa shape index (κ1) is 15.9. The Morgan fingerprint density at radius 3 is 3.00 bits per heavy atom. The van der Waals surface area contributed by atoms with Crippen LogP contribution in [-0.2, 0) is 0 Å². The molecule has 122 valence electrons. The molecule has 2 atom stereocenters. The lowest BCUT2D eigenvalue weighted by Crippen LogP contribution is -2.41. The first-order valence-electron chi connectivity index (χ1n) is 7.52. The quantitative estimate of drug-likeness (QED) is 0.862. The Morgan fingerprint density at radius 1 is 1.52 bits per heavy atom. The largest absolute Gasteiger partial charge is 0.349 e. The molecule has 3 heterocycles. The average molecular weight is 334 g/mol. The first-order valence-corrected chi connectivity index (χ1v) is 8.40. The van der Waals surface area contributed by atoms with E-state index in [0.717, 1.165) is 10.4 Å². The van der Waals surface area contributed by atoms with Crippen LogP contribution in [0.3, 0.4) is 0 Å². The minimum absolute atomic E-state index is 0.0116. The summed E-state index contributed by atoms with van der Waals surface area (Å²) in [5.41, 5.74) is 0.981. The van der Waals surface area contributed by atoms with Gasteiger partial charge in [-0.3, -0.25) is 4.79 Å². The zero-order valence-corrected chi connectivity index (χ0v) is 14.0. The molecule has 0 bridgehead atoms. The second-order valence-electron chi connectivity index (χ2n) is 5.83. The molecule has 5 nitrogen and oxygen atoms in total. The van der Waals surface area contributed by atoms with Gasteiger partial charge in [-0.1, -0.05) is 0 Å². The van der Waals surface area contributed by atoms with E-state index in [1.165, 1.54) is 17.7 Å². The van der Waals surface area contributed by atoms with Crippen molar-refractivity contribution in [2.45, 2.75) is 25.6 Å². The van der Waals surface area contributed by atoms with Gasteiger partial charge < -0.3 is 9.80 Å². The highest BCUT2D eigenvalue weighted by atomic mass is 32.1. The fraction of sp³-hybridized carbons (Fsp3) is 0.438. The number of aromatic nitrogens is 2. The number of thiophene rings is 1. The lowest BCUT2D eigenvalue weighted by atomic mass is 10.2. The summed E-state index contributed by atoms with van der Waals surface area (Å²) in [4.78, 5) is 25.0. The minimum atomic E-state index is -0.901. The molecule has 1 amide bonds. The molecular formula is C16H19FN4OS. The second-order valence-corrected chi connectivity index (χ2v) is 6.74. The van der Waals surface area contributed by atoms with Crippen LogP contribution in [0.2, 0.25) is 0 Å². The summed E-state index contributed by atoms with van der Waals surface area (Å²) >= 11 is 1.44. The van der Waals surface area contributed by atoms with E-state index in [9.17, 15) is 9.18 Å². The summed E-state index contributed by atoms with van der Waals surface area (Å²) < 4.78 is 13.9. The molecule has 2 aromatic heterocycles. The fourth-order valence-electron chi connectivity index (χ4n) is 2.93. The van der Waals surface area contributed by atoms with Crippen molar-refractivity contribution in [3.05, 3.63) is 40.5 Å². The van der Waals surface area contributed by atoms with Crippen molar-refractivity contribution in [1.29, 1.82) is 0 Å². The van der Waals surface area contributed by atoms with Crippen LogP contribution in [-0.4, -0.2) is 53.1 Å². The van der Waals surface area contributed by atoms with Gasteiger partial charge in [0.15, 0.2) is 0 Å². The molecule has 0 N–H and O–H groups in total. The molecule has 23 heavy (non-hydrogen) atoms. The number of anilines is 1. The molecule has 1 aliphatic heterocycles. The van der Waals surface area contributed by atoms with Crippen molar-refractivity contribution in [3.63, 3.8) is 0 Å². The molecule has 1 saturated heterocycles. The Labute approximate surface area is 138 Å². The molecule has 0 aliphatic carbocycles. The minimum Gasteiger partial charge on any atom is -0.349 e. The number of rotatable bonds is 4. The van der Waals surface area contributed by atoms with Crippen molar-refractivity contribution >= 4 is 23.1 Å². The normalized spacial score (nSPS) is 20.7. The summed E-state index contributed by atoms with van der Waals surface area (Å²) in [5, 5.41) is 1.91. The number of aryl methyl sites for hydroxylation is 1. The van der Waals surface area contributed by atoms with Gasteiger partial charge in [0.05, 0.1) is 17.5 Å². The third kappa shape index (κ3) is 3.34. The van der Waals surface area contributed by atoms with Crippen LogP contribution in [0.5, 0.6) is 0 Å². The van der Waals surface area contributed by atoms with E-state index in [4.69, 9.17) is 0 Å². The van der Waals surface area contributed by atoms with E-state index in [-0.39, 0.29) is 11.9 Å². The van der Waals surface area contributed by atoms with Gasteiger partial charge in [-0.15, -0.1) is 11.3 Å². The van der Waals surface area contributed by atoms with Crippen LogP contribution in [0, 0.1) is 6.92 Å². The van der Waals surface area contributed by atoms with Crippen molar-refractivity contribution in [3.8, 4) is 0 Å². The van der Waals surface area contributed by atoms with Crippen molar-refractivity contribution in [2.24, 2.45) is 0 Å². The zero-order valence-electron chi connectivity index (χ0n) is 13.1. The summed E-state index contributed by atoms with van der Waals surface area (Å²) in [6.07, 6.45) is 2.61. The van der Waals surface area contributed by atoms with E-state index in [2.05, 4.69) is 9.97 Å². The SMILES string of the molecule is Cc1ccsc1C(=O)N(C)C[C@@H]1C[C@H](F)CN1c1ccncn1. The number of hydrogen-bond acceptors (Lipinski definition) is 5. The van der Waals surface area contributed by atoms with Crippen molar-refractivity contribution < 1.29 is 9.18 Å². The Morgan fingerprint density at radius 2 is 2.35 bits per heavy atom. The van der Waals surface area contributed by atoms with Crippen molar-refractivity contribution in [1.82, 2.24) is 14.9 Å². The predicted octanol–water partition coefficient (Wildman–Crippen LogP) is 2.54. The van der Waals surface area contributed by atoms with E-state index in [1.807, 2.05) is 23.3 Å². The van der Waals surface area contributed by atoms with E-state index in [0.29, 0.717) is 25.3 Å². The maximum Gasteiger partial charge on any atom is 0.264 e. The topological polar surface area (TPSA) is 49.3 Å². The first-order chi connectivity index (χ1) is 11.1. The number of alkyl halides is 1. The van der Waals surface area contributed by atoms with Gasteiger partial charge in [-0.2, -0.15) is 0 Å². The maximum absolute atomic E-state index is 13.9. The zero-order chi connectivity index (χ0) is 16.4. The van der Waals surface area contributed by atoms with E-state index in [1.54, 1.807) is 24.2 Å². The number of amides is 1. The average Bonchev–Trinajstić information content (AvgIpc) is 3.13. The predicted molar refractivity (Wildman–Crippen MR) is 88.7 cm³/mol. The monoisotopic (exact) mass is 334 g/mol. The Kier molecular flexibility index (Phi) is 4.56. The number of likely N-dealkylation sites (N-methyl/N-ethyl adjacent to an activating group) is 1. The van der Waals surface area contributed by atoms with E-state index < -0.39 is 6.17 Å². The molecule has 0 saturated carbocycles. The number of hydrogen-bond donors (Lipinski definition) is 0. The Balaban J connectivity index is 1.73. The number of nitrogens with zero attached hydrogens (tertiary/aromatic N) is 4. The molecule has 0 spiro atoms. The van der Waals surface area contributed by atoms with E-state index >= 15 is 0 Å². The summed E-state index contributed by atoms with van der Waals surface area (Å²) in [7, 11) is 1.77. The molecule has 3 rings (SSSR count). The molecule has 0 radical (unpaired) electrons. The fourth-order valence-corrected chi connectivity index (χ4v) is 3.85. The summed E-state index contributed by atoms with van der Waals surface area (Å²) in [6, 6.07) is 3.64. The molecule has 1 fully saturated rings. The van der Waals surface area contributed by atoms with Gasteiger partial charge in [0.1, 0.15) is 18.3 Å². The highest BCUT2D eigenvalue weighted by Gasteiger charge is 2.34. The van der Waals surface area contributed by atoms with Gasteiger partial charge in [-0.25, -0.2) is 14.4 Å². The number of halogens is 1. The standard InChI is InChI=1S/C16H19FN4OS/c1-11-4-6-23-15(11)16(22)20(2)9-13-7-12(17)8-21(13)14-3-5-18-10-19-14/h3-6,10,12-13H,7-9H2,1-2H3/t12-,13-/m0/s1. The summed E-state index contributed by atoms with van der Waals surface area (Å²) in [6.45, 7) is 2.71. The highest BCUT2D eigenvalue weighted by molar-refractivity contribution is 7.12. The van der Waals surface area contributed by atoms with Gasteiger partial charge in [-0.05, 0) is 30.0 Å². The molecule has 7 heteroatoms. The smallest absolute Gasteiger partial charge is 0.264 e. The number of carbonyl (C=O) groups excluding carboxylic acids is 1. The molecule has 0 aromatic carbocycles. The van der Waals surface area contributed by atoms with Gasteiger partial charge >= 0.3 is 0 Å². The molecule has 0 unspecified atom stereocenters. The Hall–Kier alpha value is -2.02. The maximum atomic E-state index is 13.9. The lowest BCUT2D eigenvalue weighted by Gasteiger charge is -2.29. The number of carbonyl (C=O) groups is 1. The summed E-state index contributed by atoms with van der Waals surface area (Å²) in [5.74, 6) is 0.695. The van der Waals surface area contributed by atoms with Gasteiger partial charge in [0.25, 0.3) is 5.91 Å². The van der Waals surface area contributed by atoms with Gasteiger partial charge in [0.2, 0.25) is 0 Å². The van der Waals surface area contributed by atoms with Crippen LogP contribution in [0.15, 0.2) is 30.0 Å². The van der Waals surface area contributed by atoms with Crippen LogP contribution in [0.4, 0.5) is 10.2 Å². The molecule has 2 aromatic rings. The third-order valence-corrected chi connectivity index (χ3v) is 5.12. The molecular weight excluding hydrogens is 315 g/mol. The van der Waals surface area contributed by atoms with Gasteiger partial charge in [0, 0.05) is 26.2 Å². The highest BCUT2D eigenvalue weighted by Crippen LogP contribution is 2.26. The third-order valence-electron chi connectivity index (χ3n) is 4.11. The van der Waals surface area contributed by atoms with Crippen LogP contribution >= 0.6 is 11.3 Å².